The van der Waals surface area contributed by atoms with Crippen LogP contribution in [0.2, 0.25) is 0 Å². The summed E-state index contributed by atoms with van der Waals surface area (Å²) in [7, 11) is 0. The summed E-state index contributed by atoms with van der Waals surface area (Å²) in [6.45, 7) is 1.80. The summed E-state index contributed by atoms with van der Waals surface area (Å²) >= 11 is 1.63. The Morgan fingerprint density at radius 1 is 1.27 bits per heavy atom. The van der Waals surface area contributed by atoms with Crippen LogP contribution >= 0.6 is 11.3 Å². The van der Waals surface area contributed by atoms with Crippen molar-refractivity contribution in [3.05, 3.63) is 52.5 Å². The summed E-state index contributed by atoms with van der Waals surface area (Å²) < 4.78 is 12.9. The molecule has 1 aliphatic carbocycles. The molecular formula is C19H20FN3O2S. The van der Waals surface area contributed by atoms with Gasteiger partial charge < -0.3 is 15.5 Å². The number of likely N-dealkylation sites (tertiary alicyclic amines) is 1. The first-order chi connectivity index (χ1) is 12.6. The highest BCUT2D eigenvalue weighted by Crippen LogP contribution is 2.58. The number of carbonyl (C=O) groups excluding carboxylic acids is 2. The zero-order chi connectivity index (χ0) is 18.1. The average Bonchev–Trinajstić information content (AvgIpc) is 2.99. The molecule has 1 spiro atoms. The van der Waals surface area contributed by atoms with Gasteiger partial charge in [-0.05, 0) is 48.6 Å². The summed E-state index contributed by atoms with van der Waals surface area (Å²) in [5.74, 6) is -0.261. The maximum Gasteiger partial charge on any atom is 0.321 e. The van der Waals surface area contributed by atoms with Crippen molar-refractivity contribution >= 4 is 29.0 Å². The monoisotopic (exact) mass is 373 g/mol. The van der Waals surface area contributed by atoms with Gasteiger partial charge >= 0.3 is 6.03 Å². The molecule has 1 aliphatic heterocycles. The standard InChI is InChI=1S/C19H20FN3O2S/c20-13-3-5-14(6-4-13)22-18(25)23-8-7-19(12-23)10-16(19)17(24)21-11-15-2-1-9-26-15/h1-6,9,16H,7-8,10-12H2,(H,21,24)(H,22,25)/t16-,19+/m1/s1. The third kappa shape index (κ3) is 3.44. The molecule has 7 heteroatoms. The van der Waals surface area contributed by atoms with Gasteiger partial charge in [0, 0.05) is 35.0 Å². The molecule has 1 saturated carbocycles. The molecule has 1 saturated heterocycles. The van der Waals surface area contributed by atoms with E-state index in [4.69, 9.17) is 0 Å². The lowest BCUT2D eigenvalue weighted by Gasteiger charge is -2.17. The van der Waals surface area contributed by atoms with Crippen LogP contribution in [0.3, 0.4) is 0 Å². The average molecular weight is 373 g/mol. The fourth-order valence-corrected chi connectivity index (χ4v) is 4.33. The quantitative estimate of drug-likeness (QED) is 0.862. The second kappa shape index (κ2) is 6.72. The molecule has 0 bridgehead atoms. The van der Waals surface area contributed by atoms with Crippen molar-refractivity contribution in [1.82, 2.24) is 10.2 Å². The highest BCUT2D eigenvalue weighted by molar-refractivity contribution is 7.09. The third-order valence-electron chi connectivity index (χ3n) is 5.29. The van der Waals surface area contributed by atoms with Gasteiger partial charge in [0.05, 0.1) is 6.54 Å². The van der Waals surface area contributed by atoms with Gasteiger partial charge in [0.25, 0.3) is 0 Å². The zero-order valence-electron chi connectivity index (χ0n) is 14.2. The number of thiophene rings is 1. The number of nitrogens with one attached hydrogen (secondary N) is 2. The summed E-state index contributed by atoms with van der Waals surface area (Å²) in [5, 5.41) is 7.78. The second-order valence-electron chi connectivity index (χ2n) is 7.02. The largest absolute Gasteiger partial charge is 0.351 e. The lowest BCUT2D eigenvalue weighted by atomic mass is 10.0. The van der Waals surface area contributed by atoms with Crippen molar-refractivity contribution < 1.29 is 14.0 Å². The maximum absolute atomic E-state index is 12.9. The molecule has 1 aromatic heterocycles. The van der Waals surface area contributed by atoms with Crippen LogP contribution in [0.25, 0.3) is 0 Å². The van der Waals surface area contributed by atoms with Gasteiger partial charge in [-0.3, -0.25) is 4.79 Å². The Balaban J connectivity index is 1.29. The number of amides is 3. The van der Waals surface area contributed by atoms with Crippen molar-refractivity contribution in [2.45, 2.75) is 19.4 Å². The molecule has 1 aromatic carbocycles. The Morgan fingerprint density at radius 2 is 2.08 bits per heavy atom. The molecule has 5 nitrogen and oxygen atoms in total. The van der Waals surface area contributed by atoms with E-state index in [1.54, 1.807) is 16.2 Å². The number of halogens is 1. The van der Waals surface area contributed by atoms with Crippen LogP contribution in [0.1, 0.15) is 17.7 Å². The van der Waals surface area contributed by atoms with E-state index in [9.17, 15) is 14.0 Å². The van der Waals surface area contributed by atoms with Gasteiger partial charge in [0.15, 0.2) is 0 Å². The lowest BCUT2D eigenvalue weighted by molar-refractivity contribution is -0.123. The van der Waals surface area contributed by atoms with E-state index in [1.165, 1.54) is 24.3 Å². The minimum Gasteiger partial charge on any atom is -0.351 e. The molecule has 2 heterocycles. The SMILES string of the molecule is O=C(NCc1cccs1)[C@H]1C[C@]12CCN(C(=O)Nc1ccc(F)cc1)C2. The number of nitrogens with zero attached hydrogens (tertiary/aromatic N) is 1. The van der Waals surface area contributed by atoms with E-state index in [0.717, 1.165) is 17.7 Å². The molecule has 2 fully saturated rings. The minimum absolute atomic E-state index is 0.00826. The van der Waals surface area contributed by atoms with Crippen LogP contribution in [0.15, 0.2) is 41.8 Å². The summed E-state index contributed by atoms with van der Waals surface area (Å²) in [4.78, 5) is 27.7. The highest BCUT2D eigenvalue weighted by atomic mass is 32.1. The molecule has 3 amide bonds. The van der Waals surface area contributed by atoms with Crippen molar-refractivity contribution in [3.8, 4) is 0 Å². The van der Waals surface area contributed by atoms with Gasteiger partial charge in [-0.2, -0.15) is 0 Å². The number of benzene rings is 1. The molecule has 2 aliphatic rings. The number of hydrogen-bond acceptors (Lipinski definition) is 3. The van der Waals surface area contributed by atoms with Crippen LogP contribution in [0, 0.1) is 17.2 Å². The Bertz CT molecular complexity index is 809. The fraction of sp³-hybridized carbons (Fsp3) is 0.368. The zero-order valence-corrected chi connectivity index (χ0v) is 15.0. The third-order valence-corrected chi connectivity index (χ3v) is 6.17. The second-order valence-corrected chi connectivity index (χ2v) is 8.06. The van der Waals surface area contributed by atoms with Crippen molar-refractivity contribution in [2.24, 2.45) is 11.3 Å². The first kappa shape index (κ1) is 17.0. The van der Waals surface area contributed by atoms with Crippen LogP contribution in [-0.4, -0.2) is 29.9 Å². The van der Waals surface area contributed by atoms with E-state index >= 15 is 0 Å². The number of urea groups is 1. The fourth-order valence-electron chi connectivity index (χ4n) is 3.68. The van der Waals surface area contributed by atoms with Gasteiger partial charge in [0.1, 0.15) is 5.82 Å². The van der Waals surface area contributed by atoms with Crippen molar-refractivity contribution in [1.29, 1.82) is 0 Å². The Morgan fingerprint density at radius 3 is 2.81 bits per heavy atom. The number of hydrogen-bond donors (Lipinski definition) is 2. The van der Waals surface area contributed by atoms with Gasteiger partial charge in [-0.15, -0.1) is 11.3 Å². The van der Waals surface area contributed by atoms with Crippen molar-refractivity contribution in [3.63, 3.8) is 0 Å². The van der Waals surface area contributed by atoms with Crippen molar-refractivity contribution in [2.75, 3.05) is 18.4 Å². The Labute approximate surface area is 155 Å². The van der Waals surface area contributed by atoms with E-state index < -0.39 is 0 Å². The summed E-state index contributed by atoms with van der Waals surface area (Å²) in [5.41, 5.74) is 0.498. The molecule has 136 valence electrons. The summed E-state index contributed by atoms with van der Waals surface area (Å²) in [6, 6.07) is 9.49. The van der Waals surface area contributed by atoms with E-state index in [1.807, 2.05) is 17.5 Å². The maximum atomic E-state index is 12.9. The minimum atomic E-state index is -0.336. The van der Waals surface area contributed by atoms with Gasteiger partial charge in [0.2, 0.25) is 5.91 Å². The smallest absolute Gasteiger partial charge is 0.321 e. The molecule has 2 N–H and O–H groups in total. The Kier molecular flexibility index (Phi) is 4.40. The topological polar surface area (TPSA) is 61.4 Å². The molecule has 0 radical (unpaired) electrons. The Hall–Kier alpha value is -2.41. The van der Waals surface area contributed by atoms with Crippen LogP contribution < -0.4 is 10.6 Å². The first-order valence-electron chi connectivity index (χ1n) is 8.67. The number of carbonyl (C=O) groups is 2. The predicted octanol–water partition coefficient (Wildman–Crippen LogP) is 3.45. The number of rotatable bonds is 4. The molecule has 2 aromatic rings. The molecule has 26 heavy (non-hydrogen) atoms. The van der Waals surface area contributed by atoms with Gasteiger partial charge in [-0.1, -0.05) is 6.07 Å². The molecule has 0 unspecified atom stereocenters. The van der Waals surface area contributed by atoms with E-state index in [-0.39, 0.29) is 29.1 Å². The van der Waals surface area contributed by atoms with E-state index in [2.05, 4.69) is 10.6 Å². The lowest BCUT2D eigenvalue weighted by Crippen LogP contribution is -2.34. The normalized spacial score (nSPS) is 23.9. The van der Waals surface area contributed by atoms with E-state index in [0.29, 0.717) is 25.3 Å². The number of anilines is 1. The first-order valence-corrected chi connectivity index (χ1v) is 9.55. The highest BCUT2D eigenvalue weighted by Gasteiger charge is 2.61. The summed E-state index contributed by atoms with van der Waals surface area (Å²) in [6.07, 6.45) is 1.69. The van der Waals surface area contributed by atoms with Crippen LogP contribution in [0.4, 0.5) is 14.9 Å². The molecule has 2 atom stereocenters. The molecule has 4 rings (SSSR count). The van der Waals surface area contributed by atoms with Crippen LogP contribution in [0.5, 0.6) is 0 Å². The van der Waals surface area contributed by atoms with Gasteiger partial charge in [-0.25, -0.2) is 9.18 Å². The molecular weight excluding hydrogens is 353 g/mol. The predicted molar refractivity (Wildman–Crippen MR) is 98.3 cm³/mol. The van der Waals surface area contributed by atoms with Crippen LogP contribution in [-0.2, 0) is 11.3 Å².